The minimum Gasteiger partial charge on any atom is -0.342 e. The van der Waals surface area contributed by atoms with Gasteiger partial charge in [-0.15, -0.1) is 0 Å². The van der Waals surface area contributed by atoms with Gasteiger partial charge in [0.15, 0.2) is 15.0 Å². The molecule has 0 spiro atoms. The smallest absolute Gasteiger partial charge is 0.251 e. The van der Waals surface area contributed by atoms with Crippen LogP contribution in [0.5, 0.6) is 0 Å². The molecule has 0 aromatic heterocycles. The molecule has 24 heavy (non-hydrogen) atoms. The third-order valence-corrected chi connectivity index (χ3v) is 8.03. The van der Waals surface area contributed by atoms with Crippen molar-refractivity contribution in [3.05, 3.63) is 35.4 Å². The van der Waals surface area contributed by atoms with Crippen molar-refractivity contribution in [1.29, 1.82) is 0 Å². The molecule has 0 radical (unpaired) electrons. The van der Waals surface area contributed by atoms with Crippen molar-refractivity contribution in [2.75, 3.05) is 11.5 Å². The molecule has 1 aliphatic carbocycles. The van der Waals surface area contributed by atoms with Crippen LogP contribution in [0.3, 0.4) is 0 Å². The van der Waals surface area contributed by atoms with Crippen LogP contribution in [0, 0.1) is 12.8 Å². The molecule has 1 aromatic rings. The second-order valence-electron chi connectivity index (χ2n) is 6.92. The number of carbonyl (C=O) groups is 1. The maximum Gasteiger partial charge on any atom is 0.251 e. The van der Waals surface area contributed by atoms with Crippen LogP contribution in [0.25, 0.3) is 0 Å². The SMILES string of the molecule is Cc1ccc(CN2C(=NC(=O)C3CC3)S[C@@H]3CS(=O)(=O)C[C@H]32)cc1. The quantitative estimate of drug-likeness (QED) is 0.821. The van der Waals surface area contributed by atoms with Crippen molar-refractivity contribution in [3.8, 4) is 0 Å². The van der Waals surface area contributed by atoms with Gasteiger partial charge in [-0.2, -0.15) is 4.99 Å². The van der Waals surface area contributed by atoms with Crippen molar-refractivity contribution in [1.82, 2.24) is 4.90 Å². The predicted molar refractivity (Wildman–Crippen MR) is 95.7 cm³/mol. The highest BCUT2D eigenvalue weighted by molar-refractivity contribution is 8.15. The van der Waals surface area contributed by atoms with Crippen LogP contribution < -0.4 is 0 Å². The Morgan fingerprint density at radius 1 is 1.25 bits per heavy atom. The van der Waals surface area contributed by atoms with E-state index in [1.165, 1.54) is 17.3 Å². The second-order valence-corrected chi connectivity index (χ2v) is 10.3. The molecule has 2 atom stereocenters. The van der Waals surface area contributed by atoms with Crippen molar-refractivity contribution in [2.45, 2.75) is 37.6 Å². The monoisotopic (exact) mass is 364 g/mol. The number of rotatable bonds is 3. The van der Waals surface area contributed by atoms with E-state index in [2.05, 4.69) is 17.1 Å². The van der Waals surface area contributed by atoms with E-state index in [0.29, 0.717) is 11.7 Å². The maximum absolute atomic E-state index is 12.1. The topological polar surface area (TPSA) is 66.8 Å². The summed E-state index contributed by atoms with van der Waals surface area (Å²) in [5.74, 6) is 0.383. The zero-order chi connectivity index (χ0) is 16.9. The van der Waals surface area contributed by atoms with Crippen LogP contribution in [-0.2, 0) is 21.2 Å². The third kappa shape index (κ3) is 3.24. The molecule has 2 aliphatic heterocycles. The Balaban J connectivity index is 1.61. The molecule has 4 rings (SSSR count). The van der Waals surface area contributed by atoms with Gasteiger partial charge >= 0.3 is 0 Å². The summed E-state index contributed by atoms with van der Waals surface area (Å²) in [7, 11) is -3.00. The number of benzene rings is 1. The lowest BCUT2D eigenvalue weighted by Crippen LogP contribution is -2.37. The minimum absolute atomic E-state index is 0.00815. The van der Waals surface area contributed by atoms with Gasteiger partial charge in [0, 0.05) is 17.7 Å². The molecule has 0 bridgehead atoms. The van der Waals surface area contributed by atoms with Crippen molar-refractivity contribution in [2.24, 2.45) is 10.9 Å². The lowest BCUT2D eigenvalue weighted by Gasteiger charge is -2.24. The normalized spacial score (nSPS) is 29.9. The van der Waals surface area contributed by atoms with Gasteiger partial charge in [0.25, 0.3) is 5.91 Å². The second kappa shape index (κ2) is 5.88. The summed E-state index contributed by atoms with van der Waals surface area (Å²) in [5, 5.41) is 0.698. The number of amidine groups is 1. The molecule has 2 saturated heterocycles. The largest absolute Gasteiger partial charge is 0.342 e. The van der Waals surface area contributed by atoms with E-state index in [1.54, 1.807) is 0 Å². The molecular weight excluding hydrogens is 344 g/mol. The first-order valence-corrected chi connectivity index (χ1v) is 10.9. The number of nitrogens with zero attached hydrogens (tertiary/aromatic N) is 2. The number of hydrogen-bond donors (Lipinski definition) is 0. The number of fused-ring (bicyclic) bond motifs is 1. The summed E-state index contributed by atoms with van der Waals surface area (Å²) in [5.41, 5.74) is 2.30. The molecular formula is C17H20N2O3S2. The summed E-state index contributed by atoms with van der Waals surface area (Å²) in [4.78, 5) is 18.5. The first kappa shape index (κ1) is 16.1. The van der Waals surface area contributed by atoms with E-state index in [4.69, 9.17) is 0 Å². The minimum atomic E-state index is -3.00. The van der Waals surface area contributed by atoms with E-state index >= 15 is 0 Å². The Bertz CT molecular complexity index is 798. The Kier molecular flexibility index (Phi) is 3.95. The molecule has 0 unspecified atom stereocenters. The zero-order valence-electron chi connectivity index (χ0n) is 13.5. The molecule has 1 amide bonds. The van der Waals surface area contributed by atoms with Crippen molar-refractivity contribution in [3.63, 3.8) is 0 Å². The van der Waals surface area contributed by atoms with Crippen LogP contribution in [0.1, 0.15) is 24.0 Å². The molecule has 3 fully saturated rings. The number of amides is 1. The van der Waals surface area contributed by atoms with Crippen molar-refractivity contribution < 1.29 is 13.2 Å². The van der Waals surface area contributed by atoms with E-state index in [-0.39, 0.29) is 34.6 Å². The van der Waals surface area contributed by atoms with Gasteiger partial charge in [-0.3, -0.25) is 4.79 Å². The highest BCUT2D eigenvalue weighted by Gasteiger charge is 2.49. The highest BCUT2D eigenvalue weighted by Crippen LogP contribution is 2.40. The number of aryl methyl sites for hydroxylation is 1. The Morgan fingerprint density at radius 2 is 1.96 bits per heavy atom. The molecule has 128 valence electrons. The fourth-order valence-corrected chi connectivity index (χ4v) is 7.18. The van der Waals surface area contributed by atoms with Crippen LogP contribution in [-0.4, -0.2) is 47.2 Å². The number of hydrogen-bond acceptors (Lipinski definition) is 4. The fraction of sp³-hybridized carbons (Fsp3) is 0.529. The number of sulfone groups is 1. The molecule has 2 heterocycles. The summed E-state index contributed by atoms with van der Waals surface area (Å²) in [6, 6.07) is 8.13. The van der Waals surface area contributed by atoms with E-state index in [0.717, 1.165) is 18.4 Å². The third-order valence-electron chi connectivity index (χ3n) is 4.78. The molecule has 1 saturated carbocycles. The summed E-state index contributed by atoms with van der Waals surface area (Å²) in [6.07, 6.45) is 1.86. The molecule has 0 N–H and O–H groups in total. The average Bonchev–Trinajstić information content (AvgIpc) is 3.26. The lowest BCUT2D eigenvalue weighted by atomic mass is 10.1. The van der Waals surface area contributed by atoms with Crippen molar-refractivity contribution >= 4 is 32.7 Å². The summed E-state index contributed by atoms with van der Waals surface area (Å²) in [6.45, 7) is 2.64. The summed E-state index contributed by atoms with van der Waals surface area (Å²) >= 11 is 1.46. The van der Waals surface area contributed by atoms with E-state index < -0.39 is 9.84 Å². The lowest BCUT2D eigenvalue weighted by molar-refractivity contribution is -0.118. The maximum atomic E-state index is 12.1. The van der Waals surface area contributed by atoms with Crippen LogP contribution in [0.4, 0.5) is 0 Å². The summed E-state index contributed by atoms with van der Waals surface area (Å²) < 4.78 is 24.0. The van der Waals surface area contributed by atoms with Crippen LogP contribution in [0.15, 0.2) is 29.3 Å². The average molecular weight is 364 g/mol. The Hall–Kier alpha value is -1.34. The highest BCUT2D eigenvalue weighted by atomic mass is 32.2. The van der Waals surface area contributed by atoms with E-state index in [1.807, 2.05) is 24.0 Å². The number of aliphatic imine (C=N–C) groups is 1. The van der Waals surface area contributed by atoms with Gasteiger partial charge < -0.3 is 4.90 Å². The van der Waals surface area contributed by atoms with Crippen LogP contribution in [0.2, 0.25) is 0 Å². The molecule has 5 nitrogen and oxygen atoms in total. The number of thioether (sulfide) groups is 1. The molecule has 7 heteroatoms. The molecule has 1 aromatic carbocycles. The van der Waals surface area contributed by atoms with E-state index in [9.17, 15) is 13.2 Å². The predicted octanol–water partition coefficient (Wildman–Crippen LogP) is 2.00. The van der Waals surface area contributed by atoms with Gasteiger partial charge in [0.05, 0.1) is 17.5 Å². The fourth-order valence-electron chi connectivity index (χ4n) is 3.23. The first-order valence-electron chi connectivity index (χ1n) is 8.23. The Morgan fingerprint density at radius 3 is 2.62 bits per heavy atom. The standard InChI is InChI=1S/C17H20N2O3S2/c1-11-2-4-12(5-3-11)8-19-14-9-24(21,22)10-15(14)23-17(19)18-16(20)13-6-7-13/h2-5,13-15H,6-10H2,1H3/t14-,15-/m1/s1. The first-order chi connectivity index (χ1) is 11.4. The van der Waals surface area contributed by atoms with Gasteiger partial charge in [-0.05, 0) is 25.3 Å². The Labute approximate surface area is 146 Å². The van der Waals surface area contributed by atoms with Gasteiger partial charge in [0.2, 0.25) is 0 Å². The molecule has 3 aliphatic rings. The van der Waals surface area contributed by atoms with Gasteiger partial charge in [-0.25, -0.2) is 8.42 Å². The van der Waals surface area contributed by atoms with Gasteiger partial charge in [0.1, 0.15) is 0 Å². The number of carbonyl (C=O) groups excluding carboxylic acids is 1. The van der Waals surface area contributed by atoms with Crippen LogP contribution >= 0.6 is 11.8 Å². The zero-order valence-corrected chi connectivity index (χ0v) is 15.1. The van der Waals surface area contributed by atoms with Gasteiger partial charge in [-0.1, -0.05) is 41.6 Å².